The molecule has 0 aromatic heterocycles. The zero-order valence-corrected chi connectivity index (χ0v) is 23.0. The second kappa shape index (κ2) is 11.2. The zero-order valence-electron chi connectivity index (χ0n) is 21.4. The Morgan fingerprint density at radius 3 is 2.39 bits per heavy atom. The van der Waals surface area contributed by atoms with Crippen molar-refractivity contribution in [3.8, 4) is 11.5 Å². The summed E-state index contributed by atoms with van der Waals surface area (Å²) in [5.74, 6) is 1.11. The third kappa shape index (κ3) is 4.92. The third-order valence-corrected chi connectivity index (χ3v) is 7.19. The van der Waals surface area contributed by atoms with Crippen LogP contribution in [-0.2, 0) is 6.54 Å². The minimum Gasteiger partial charge on any atom is -0.493 e. The number of carbonyl (C=O) groups excluding carboxylic acids is 1. The molecule has 4 aromatic carbocycles. The van der Waals surface area contributed by atoms with Crippen LogP contribution in [0, 0.1) is 6.92 Å². The van der Waals surface area contributed by atoms with Gasteiger partial charge in [-0.05, 0) is 64.8 Å². The van der Waals surface area contributed by atoms with Crippen molar-refractivity contribution in [3.05, 3.63) is 130 Å². The molecule has 0 radical (unpaired) electrons. The van der Waals surface area contributed by atoms with E-state index in [4.69, 9.17) is 9.47 Å². The number of aryl methyl sites for hydroxylation is 1. The Hall–Kier alpha value is -4.03. The van der Waals surface area contributed by atoms with E-state index in [2.05, 4.69) is 39.5 Å². The highest BCUT2D eigenvalue weighted by molar-refractivity contribution is 9.10. The van der Waals surface area contributed by atoms with E-state index in [0.717, 1.165) is 32.5 Å². The number of para-hydroxylation sites is 1. The molecule has 38 heavy (non-hydrogen) atoms. The molecule has 6 heteroatoms. The normalized spacial score (nSPS) is 14.7. The van der Waals surface area contributed by atoms with Crippen LogP contribution in [0.15, 0.2) is 108 Å². The van der Waals surface area contributed by atoms with Crippen molar-refractivity contribution in [1.82, 2.24) is 0 Å². The van der Waals surface area contributed by atoms with Crippen molar-refractivity contribution in [2.45, 2.75) is 19.6 Å². The van der Waals surface area contributed by atoms with Gasteiger partial charge in [0.1, 0.15) is 12.8 Å². The number of hydrogen-bond acceptors (Lipinski definition) is 4. The van der Waals surface area contributed by atoms with Gasteiger partial charge in [0.15, 0.2) is 11.5 Å². The van der Waals surface area contributed by atoms with Crippen LogP contribution in [0.25, 0.3) is 0 Å². The van der Waals surface area contributed by atoms with E-state index >= 15 is 0 Å². The molecule has 1 heterocycles. The summed E-state index contributed by atoms with van der Waals surface area (Å²) in [5.41, 5.74) is 5.53. The summed E-state index contributed by atoms with van der Waals surface area (Å²) < 4.78 is 12.4. The molecule has 5 rings (SSSR count). The maximum atomic E-state index is 14.2. The molecule has 0 aliphatic carbocycles. The van der Waals surface area contributed by atoms with Gasteiger partial charge in [-0.15, -0.1) is 0 Å². The maximum Gasteiger partial charge on any atom is 0.262 e. The highest BCUT2D eigenvalue weighted by atomic mass is 79.9. The maximum absolute atomic E-state index is 14.2. The van der Waals surface area contributed by atoms with Gasteiger partial charge in [0.25, 0.3) is 5.91 Å². The number of ether oxygens (including phenoxy) is 2. The van der Waals surface area contributed by atoms with Crippen LogP contribution in [0.4, 0.5) is 11.4 Å². The van der Waals surface area contributed by atoms with Crippen LogP contribution < -0.4 is 19.3 Å². The van der Waals surface area contributed by atoms with Crippen LogP contribution in [-0.4, -0.2) is 19.6 Å². The molecule has 1 atom stereocenters. The van der Waals surface area contributed by atoms with E-state index in [9.17, 15) is 4.79 Å². The molecule has 0 saturated heterocycles. The van der Waals surface area contributed by atoms with Crippen LogP contribution in [0.5, 0.6) is 11.5 Å². The molecular formula is C32H29BrN2O3. The number of fused-ring (bicyclic) bond motifs is 1. The third-order valence-electron chi connectivity index (χ3n) is 6.61. The van der Waals surface area contributed by atoms with Crippen LogP contribution >= 0.6 is 15.9 Å². The Balaban J connectivity index is 1.73. The number of hydrogen-bond donors (Lipinski definition) is 0. The molecule has 0 unspecified atom stereocenters. The van der Waals surface area contributed by atoms with Crippen molar-refractivity contribution < 1.29 is 14.3 Å². The molecular weight excluding hydrogens is 540 g/mol. The zero-order chi connectivity index (χ0) is 26.6. The minimum atomic E-state index is -0.445. The van der Waals surface area contributed by atoms with Gasteiger partial charge in [-0.1, -0.05) is 72.8 Å². The molecule has 4 aromatic rings. The molecule has 192 valence electrons. The topological polar surface area (TPSA) is 42.0 Å². The number of rotatable bonds is 8. The molecule has 0 fully saturated rings. The van der Waals surface area contributed by atoms with Gasteiger partial charge in [0, 0.05) is 17.8 Å². The van der Waals surface area contributed by atoms with Crippen molar-refractivity contribution in [3.63, 3.8) is 0 Å². The van der Waals surface area contributed by atoms with E-state index in [1.54, 1.807) is 13.2 Å². The van der Waals surface area contributed by atoms with Crippen LogP contribution in [0.1, 0.15) is 33.2 Å². The Labute approximate surface area is 232 Å². The monoisotopic (exact) mass is 568 g/mol. The number of nitrogens with zero attached hydrogens (tertiary/aromatic N) is 2. The van der Waals surface area contributed by atoms with Gasteiger partial charge in [0.05, 0.1) is 22.8 Å². The summed E-state index contributed by atoms with van der Waals surface area (Å²) in [5, 5.41) is 0. The van der Waals surface area contributed by atoms with Gasteiger partial charge in [-0.25, -0.2) is 0 Å². The number of halogens is 1. The summed E-state index contributed by atoms with van der Waals surface area (Å²) in [4.78, 5) is 18.3. The lowest BCUT2D eigenvalue weighted by Gasteiger charge is -2.46. The van der Waals surface area contributed by atoms with Gasteiger partial charge >= 0.3 is 0 Å². The smallest absolute Gasteiger partial charge is 0.262 e. The molecule has 0 N–H and O–H groups in total. The number of anilines is 2. The average molecular weight is 569 g/mol. The van der Waals surface area contributed by atoms with Crippen LogP contribution in [0.2, 0.25) is 0 Å². The number of carbonyl (C=O) groups is 1. The van der Waals surface area contributed by atoms with E-state index in [1.165, 1.54) is 0 Å². The van der Waals surface area contributed by atoms with E-state index < -0.39 is 6.17 Å². The van der Waals surface area contributed by atoms with E-state index in [-0.39, 0.29) is 5.91 Å². The molecule has 0 spiro atoms. The number of amides is 1. The summed E-state index contributed by atoms with van der Waals surface area (Å²) in [6.07, 6.45) is 1.25. The first-order chi connectivity index (χ1) is 18.5. The van der Waals surface area contributed by atoms with E-state index in [1.807, 2.05) is 90.7 Å². The lowest BCUT2D eigenvalue weighted by molar-refractivity contribution is 0.0968. The standard InChI is InChI=1S/C32H29BrN2O3/c1-4-18-38-30-27(33)19-24(20-29(30)37-3)31-34(21-23-10-6-5-7-11-23)28-13-9-8-12-26(28)32(36)35(31)25-16-14-22(2)15-17-25/h4-17,19-20,31H,1,18,21H2,2-3H3/t31-/m1/s1. The van der Waals surface area contributed by atoms with Gasteiger partial charge < -0.3 is 14.4 Å². The van der Waals surface area contributed by atoms with Gasteiger partial charge in [0.2, 0.25) is 0 Å². The van der Waals surface area contributed by atoms with Crippen molar-refractivity contribution in [2.24, 2.45) is 0 Å². The predicted molar refractivity (Wildman–Crippen MR) is 156 cm³/mol. The summed E-state index contributed by atoms with van der Waals surface area (Å²) in [6.45, 7) is 6.74. The lowest BCUT2D eigenvalue weighted by Crippen LogP contribution is -2.49. The molecule has 1 aliphatic rings. The molecule has 1 aliphatic heterocycles. The first-order valence-corrected chi connectivity index (χ1v) is 13.2. The second-order valence-corrected chi connectivity index (χ2v) is 10.0. The second-order valence-electron chi connectivity index (χ2n) is 9.15. The van der Waals surface area contributed by atoms with Crippen molar-refractivity contribution in [1.29, 1.82) is 0 Å². The minimum absolute atomic E-state index is 0.0548. The summed E-state index contributed by atoms with van der Waals surface area (Å²) >= 11 is 3.69. The largest absolute Gasteiger partial charge is 0.493 e. The highest BCUT2D eigenvalue weighted by Gasteiger charge is 2.40. The number of benzene rings is 4. The molecule has 1 amide bonds. The summed E-state index contributed by atoms with van der Waals surface area (Å²) in [7, 11) is 1.62. The molecule has 0 saturated carbocycles. The lowest BCUT2D eigenvalue weighted by atomic mass is 9.98. The van der Waals surface area contributed by atoms with E-state index in [0.29, 0.717) is 30.2 Å². The fourth-order valence-electron chi connectivity index (χ4n) is 4.83. The fourth-order valence-corrected chi connectivity index (χ4v) is 5.41. The average Bonchev–Trinajstić information content (AvgIpc) is 2.94. The van der Waals surface area contributed by atoms with Crippen molar-refractivity contribution in [2.75, 3.05) is 23.5 Å². The van der Waals surface area contributed by atoms with Crippen molar-refractivity contribution >= 4 is 33.2 Å². The SMILES string of the molecule is C=CCOc1c(Br)cc([C@@H]2N(Cc3ccccc3)c3ccccc3C(=O)N2c2ccc(C)cc2)cc1OC. The predicted octanol–water partition coefficient (Wildman–Crippen LogP) is 7.70. The Bertz CT molecular complexity index is 1450. The summed E-state index contributed by atoms with van der Waals surface area (Å²) in [6, 6.07) is 30.1. The fraction of sp³-hybridized carbons (Fsp3) is 0.156. The van der Waals surface area contributed by atoms with Crippen LogP contribution in [0.3, 0.4) is 0 Å². The Morgan fingerprint density at radius 1 is 0.974 bits per heavy atom. The highest BCUT2D eigenvalue weighted by Crippen LogP contribution is 2.46. The Kier molecular flexibility index (Phi) is 7.52. The Morgan fingerprint density at radius 2 is 1.68 bits per heavy atom. The molecule has 0 bridgehead atoms. The molecule has 5 nitrogen and oxygen atoms in total. The van der Waals surface area contributed by atoms with Gasteiger partial charge in [-0.3, -0.25) is 9.69 Å². The number of methoxy groups -OCH3 is 1. The van der Waals surface area contributed by atoms with Gasteiger partial charge in [-0.2, -0.15) is 0 Å². The first kappa shape index (κ1) is 25.6. The first-order valence-electron chi connectivity index (χ1n) is 12.4. The quantitative estimate of drug-likeness (QED) is 0.204.